The summed E-state index contributed by atoms with van der Waals surface area (Å²) in [6.07, 6.45) is 7.31. The molecule has 9 heteroatoms. The minimum absolute atomic E-state index is 0.0175. The fourth-order valence-electron chi connectivity index (χ4n) is 3.24. The van der Waals surface area contributed by atoms with Crippen molar-refractivity contribution in [1.29, 1.82) is 0 Å². The molecule has 9 nitrogen and oxygen atoms in total. The van der Waals surface area contributed by atoms with Crippen LogP contribution in [0, 0.1) is 0 Å². The highest BCUT2D eigenvalue weighted by Crippen LogP contribution is 2.30. The summed E-state index contributed by atoms with van der Waals surface area (Å²) in [6, 6.07) is 8.16. The Balaban J connectivity index is 1.58. The molecule has 0 bridgehead atoms. The van der Waals surface area contributed by atoms with Crippen LogP contribution in [-0.2, 0) is 0 Å². The second-order valence-corrected chi connectivity index (χ2v) is 6.52. The number of nitrogens with zero attached hydrogens (tertiary/aromatic N) is 4. The van der Waals surface area contributed by atoms with E-state index >= 15 is 0 Å². The summed E-state index contributed by atoms with van der Waals surface area (Å²) in [7, 11) is 1.65. The summed E-state index contributed by atoms with van der Waals surface area (Å²) in [4.78, 5) is 20.3. The van der Waals surface area contributed by atoms with Crippen LogP contribution < -0.4 is 21.1 Å². The minimum atomic E-state index is -0.426. The van der Waals surface area contributed by atoms with E-state index in [9.17, 15) is 4.79 Å². The van der Waals surface area contributed by atoms with Gasteiger partial charge in [0.1, 0.15) is 5.75 Å². The number of hydrogen-bond donors (Lipinski definition) is 3. The number of nitrogens with two attached hydrogens (primary N) is 1. The fourth-order valence-corrected chi connectivity index (χ4v) is 3.24. The Kier molecular flexibility index (Phi) is 4.90. The first-order valence-electron chi connectivity index (χ1n) is 8.95. The van der Waals surface area contributed by atoms with Gasteiger partial charge in [-0.15, -0.1) is 0 Å². The van der Waals surface area contributed by atoms with E-state index in [1.165, 1.54) is 12.4 Å². The van der Waals surface area contributed by atoms with Gasteiger partial charge >= 0.3 is 0 Å². The van der Waals surface area contributed by atoms with Crippen molar-refractivity contribution in [2.75, 3.05) is 24.7 Å². The highest BCUT2D eigenvalue weighted by Gasteiger charge is 2.30. The number of ether oxygens (including phenoxy) is 1. The number of rotatable bonds is 6. The van der Waals surface area contributed by atoms with E-state index < -0.39 is 5.91 Å². The van der Waals surface area contributed by atoms with Gasteiger partial charge in [-0.1, -0.05) is 12.1 Å². The lowest BCUT2D eigenvalue weighted by Gasteiger charge is -2.35. The van der Waals surface area contributed by atoms with Gasteiger partial charge in [-0.2, -0.15) is 5.10 Å². The molecule has 3 heterocycles. The SMILES string of the molecule is COc1cccc(C(C2CCN2)n2cc(NC(=O)c3nccnc3N)cn2)c1. The number of aromatic nitrogens is 4. The Labute approximate surface area is 161 Å². The summed E-state index contributed by atoms with van der Waals surface area (Å²) < 4.78 is 7.21. The predicted octanol–water partition coefficient (Wildman–Crippen LogP) is 1.47. The number of anilines is 2. The lowest BCUT2D eigenvalue weighted by atomic mass is 9.92. The van der Waals surface area contributed by atoms with Crippen molar-refractivity contribution >= 4 is 17.4 Å². The van der Waals surface area contributed by atoms with E-state index in [4.69, 9.17) is 10.5 Å². The molecule has 2 unspecified atom stereocenters. The molecule has 2 aromatic heterocycles. The van der Waals surface area contributed by atoms with Crippen LogP contribution in [0.2, 0.25) is 0 Å². The molecule has 1 aliphatic rings. The van der Waals surface area contributed by atoms with Crippen LogP contribution in [0.4, 0.5) is 11.5 Å². The van der Waals surface area contributed by atoms with Crippen molar-refractivity contribution < 1.29 is 9.53 Å². The molecular formula is C19H21N7O2. The molecule has 28 heavy (non-hydrogen) atoms. The third-order valence-corrected chi connectivity index (χ3v) is 4.76. The van der Waals surface area contributed by atoms with Gasteiger partial charge in [0.2, 0.25) is 0 Å². The monoisotopic (exact) mass is 379 g/mol. The second kappa shape index (κ2) is 7.65. The maximum Gasteiger partial charge on any atom is 0.278 e. The first kappa shape index (κ1) is 17.9. The molecule has 0 aliphatic carbocycles. The third-order valence-electron chi connectivity index (χ3n) is 4.76. The van der Waals surface area contributed by atoms with Gasteiger partial charge in [-0.25, -0.2) is 9.97 Å². The molecule has 0 spiro atoms. The molecular weight excluding hydrogens is 358 g/mol. The molecule has 144 valence electrons. The van der Waals surface area contributed by atoms with Gasteiger partial charge in [0.05, 0.1) is 25.0 Å². The number of benzene rings is 1. The van der Waals surface area contributed by atoms with Crippen molar-refractivity contribution in [1.82, 2.24) is 25.1 Å². The summed E-state index contributed by atoms with van der Waals surface area (Å²) in [5.41, 5.74) is 7.44. The highest BCUT2D eigenvalue weighted by atomic mass is 16.5. The van der Waals surface area contributed by atoms with Gasteiger partial charge in [0.15, 0.2) is 11.5 Å². The van der Waals surface area contributed by atoms with E-state index in [0.29, 0.717) is 5.69 Å². The topological polar surface area (TPSA) is 120 Å². The van der Waals surface area contributed by atoms with E-state index in [2.05, 4.69) is 25.7 Å². The molecule has 1 saturated heterocycles. The first-order chi connectivity index (χ1) is 13.7. The van der Waals surface area contributed by atoms with Crippen LogP contribution in [-0.4, -0.2) is 45.4 Å². The van der Waals surface area contributed by atoms with Crippen LogP contribution >= 0.6 is 0 Å². The number of nitrogens with one attached hydrogen (secondary N) is 2. The average Bonchev–Trinajstić information content (AvgIpc) is 3.12. The third kappa shape index (κ3) is 3.52. The molecule has 4 rings (SSSR count). The maximum atomic E-state index is 12.4. The maximum absolute atomic E-state index is 12.4. The quantitative estimate of drug-likeness (QED) is 0.593. The van der Waals surface area contributed by atoms with Crippen LogP contribution in [0.1, 0.15) is 28.5 Å². The number of hydrogen-bond acceptors (Lipinski definition) is 7. The predicted molar refractivity (Wildman–Crippen MR) is 104 cm³/mol. The van der Waals surface area contributed by atoms with Gasteiger partial charge < -0.3 is 21.1 Å². The zero-order chi connectivity index (χ0) is 19.5. The zero-order valence-electron chi connectivity index (χ0n) is 15.4. The Morgan fingerprint density at radius 2 is 2.21 bits per heavy atom. The normalized spacial score (nSPS) is 16.8. The Bertz CT molecular complexity index is 984. The van der Waals surface area contributed by atoms with Crippen molar-refractivity contribution in [3.8, 4) is 5.75 Å². The van der Waals surface area contributed by atoms with Crippen molar-refractivity contribution in [2.45, 2.75) is 18.5 Å². The largest absolute Gasteiger partial charge is 0.497 e. The van der Waals surface area contributed by atoms with Gasteiger partial charge in [-0.05, 0) is 30.7 Å². The van der Waals surface area contributed by atoms with E-state index in [-0.39, 0.29) is 23.6 Å². The molecule has 1 aromatic carbocycles. The van der Waals surface area contributed by atoms with E-state index in [0.717, 1.165) is 24.3 Å². The molecule has 0 saturated carbocycles. The molecule has 2 atom stereocenters. The van der Waals surface area contributed by atoms with Gasteiger partial charge in [-0.3, -0.25) is 9.48 Å². The van der Waals surface area contributed by atoms with E-state index in [1.807, 2.05) is 28.9 Å². The number of amides is 1. The van der Waals surface area contributed by atoms with Crippen molar-refractivity contribution in [2.24, 2.45) is 0 Å². The number of methoxy groups -OCH3 is 1. The summed E-state index contributed by atoms with van der Waals surface area (Å²) in [5, 5.41) is 10.7. The van der Waals surface area contributed by atoms with Gasteiger partial charge in [0, 0.05) is 24.6 Å². The fraction of sp³-hybridized carbons (Fsp3) is 0.263. The average molecular weight is 379 g/mol. The second-order valence-electron chi connectivity index (χ2n) is 6.52. The Morgan fingerprint density at radius 1 is 1.39 bits per heavy atom. The Hall–Kier alpha value is -3.46. The number of carbonyl (C=O) groups is 1. The smallest absolute Gasteiger partial charge is 0.278 e. The minimum Gasteiger partial charge on any atom is -0.497 e. The summed E-state index contributed by atoms with van der Waals surface area (Å²) in [5.74, 6) is 0.450. The van der Waals surface area contributed by atoms with E-state index in [1.54, 1.807) is 19.5 Å². The highest BCUT2D eigenvalue weighted by molar-refractivity contribution is 6.05. The van der Waals surface area contributed by atoms with Crippen LogP contribution in [0.5, 0.6) is 5.75 Å². The Morgan fingerprint density at radius 3 is 2.93 bits per heavy atom. The lowest BCUT2D eigenvalue weighted by Crippen LogP contribution is -2.49. The lowest BCUT2D eigenvalue weighted by molar-refractivity contribution is 0.102. The van der Waals surface area contributed by atoms with Crippen LogP contribution in [0.25, 0.3) is 0 Å². The molecule has 1 aliphatic heterocycles. The van der Waals surface area contributed by atoms with Crippen molar-refractivity contribution in [3.05, 3.63) is 60.3 Å². The standard InChI is InChI=1S/C19H21N7O2/c1-28-14-4-2-3-12(9-14)17(15-5-6-21-15)26-11-13(10-24-26)25-19(27)16-18(20)23-8-7-22-16/h2-4,7-11,15,17,21H,5-6H2,1H3,(H2,20,23)(H,25,27). The van der Waals surface area contributed by atoms with Crippen LogP contribution in [0.15, 0.2) is 49.1 Å². The van der Waals surface area contributed by atoms with Gasteiger partial charge in [0.25, 0.3) is 5.91 Å². The molecule has 1 fully saturated rings. The first-order valence-corrected chi connectivity index (χ1v) is 8.95. The summed E-state index contributed by atoms with van der Waals surface area (Å²) >= 11 is 0. The number of carbonyl (C=O) groups excluding carboxylic acids is 1. The van der Waals surface area contributed by atoms with Crippen molar-refractivity contribution in [3.63, 3.8) is 0 Å². The molecule has 4 N–H and O–H groups in total. The zero-order valence-corrected chi connectivity index (χ0v) is 15.4. The number of nitrogen functional groups attached to an aromatic ring is 1. The molecule has 3 aromatic rings. The van der Waals surface area contributed by atoms with Crippen LogP contribution in [0.3, 0.4) is 0 Å². The molecule has 1 amide bonds. The molecule has 0 radical (unpaired) electrons. The summed E-state index contributed by atoms with van der Waals surface area (Å²) in [6.45, 7) is 0.974.